The van der Waals surface area contributed by atoms with Crippen LogP contribution in [0.25, 0.3) is 0 Å². The van der Waals surface area contributed by atoms with Crippen LogP contribution in [0, 0.1) is 0 Å². The van der Waals surface area contributed by atoms with Crippen LogP contribution in [0.15, 0.2) is 36.4 Å². The van der Waals surface area contributed by atoms with Gasteiger partial charge in [-0.3, -0.25) is 24.1 Å². The maximum absolute atomic E-state index is 13.1. The number of hydrogen-bond donors (Lipinski definition) is 0. The van der Waals surface area contributed by atoms with Gasteiger partial charge in [-0.1, -0.05) is 12.1 Å². The van der Waals surface area contributed by atoms with Crippen molar-refractivity contribution in [3.8, 4) is 11.8 Å². The Hall–Kier alpha value is -3.95. The molecule has 2 aliphatic rings. The number of pyridine rings is 1. The zero-order chi connectivity index (χ0) is 22.1. The quantitative estimate of drug-likeness (QED) is 0.658. The number of methoxy groups -OCH3 is 2. The van der Waals surface area contributed by atoms with E-state index in [1.165, 1.54) is 36.4 Å². The average molecular weight is 424 g/mol. The first-order valence-corrected chi connectivity index (χ1v) is 9.62. The van der Waals surface area contributed by atoms with Crippen molar-refractivity contribution in [2.24, 2.45) is 0 Å². The molecule has 4 amide bonds. The van der Waals surface area contributed by atoms with Gasteiger partial charge in [-0.25, -0.2) is 10.0 Å². The molecule has 1 saturated heterocycles. The summed E-state index contributed by atoms with van der Waals surface area (Å²) in [7, 11) is 2.83. The van der Waals surface area contributed by atoms with Crippen LogP contribution in [0.1, 0.15) is 37.5 Å². The highest BCUT2D eigenvalue weighted by Gasteiger charge is 2.39. The number of carbonyl (C=O) groups is 4. The molecule has 1 aromatic carbocycles. The highest BCUT2D eigenvalue weighted by Crippen LogP contribution is 2.25. The topological polar surface area (TPSA) is 109 Å². The molecule has 10 nitrogen and oxygen atoms in total. The summed E-state index contributed by atoms with van der Waals surface area (Å²) in [5.41, 5.74) is 0.705. The lowest BCUT2D eigenvalue weighted by Crippen LogP contribution is -2.49. The number of imide groups is 1. The molecule has 4 rings (SSSR count). The van der Waals surface area contributed by atoms with E-state index in [1.807, 2.05) is 0 Å². The Morgan fingerprint density at radius 1 is 0.935 bits per heavy atom. The van der Waals surface area contributed by atoms with E-state index in [0.29, 0.717) is 19.5 Å². The summed E-state index contributed by atoms with van der Waals surface area (Å²) in [5, 5.41) is 2.54. The number of hydrogen-bond acceptors (Lipinski definition) is 7. The molecular weight excluding hydrogens is 404 g/mol. The van der Waals surface area contributed by atoms with Crippen LogP contribution in [-0.4, -0.2) is 77.4 Å². The van der Waals surface area contributed by atoms with E-state index >= 15 is 0 Å². The number of nitrogens with zero attached hydrogens (tertiary/aromatic N) is 4. The number of carbonyl (C=O) groups excluding carboxylic acids is 4. The summed E-state index contributed by atoms with van der Waals surface area (Å²) in [6.07, 6.45) is 0.561. The first-order chi connectivity index (χ1) is 15.0. The number of amides is 4. The number of hydrazine groups is 1. The summed E-state index contributed by atoms with van der Waals surface area (Å²) in [5.74, 6) is -1.68. The molecule has 2 aromatic rings. The number of aromatic nitrogens is 1. The van der Waals surface area contributed by atoms with Crippen LogP contribution in [0.5, 0.6) is 11.8 Å². The molecule has 1 fully saturated rings. The van der Waals surface area contributed by atoms with Gasteiger partial charge in [0.2, 0.25) is 11.8 Å². The zero-order valence-electron chi connectivity index (χ0n) is 17.0. The van der Waals surface area contributed by atoms with Gasteiger partial charge in [-0.2, -0.15) is 4.98 Å². The standard InChI is InChI=1S/C21H20N4O6/c1-30-16-9-8-15(18(22-16)31-2)21(29)25-11-5-10-24(25)17(26)12-23-19(27)13-6-3-4-7-14(13)20(23)28/h3-4,6-9H,5,10-12H2,1-2H3. The van der Waals surface area contributed by atoms with Crippen molar-refractivity contribution in [1.82, 2.24) is 19.9 Å². The Bertz CT molecular complexity index is 1050. The lowest BCUT2D eigenvalue weighted by atomic mass is 10.1. The van der Waals surface area contributed by atoms with E-state index in [1.54, 1.807) is 24.3 Å². The third-order valence-electron chi connectivity index (χ3n) is 5.19. The van der Waals surface area contributed by atoms with Crippen LogP contribution < -0.4 is 9.47 Å². The molecule has 160 valence electrons. The summed E-state index contributed by atoms with van der Waals surface area (Å²) >= 11 is 0. The normalized spacial score (nSPS) is 15.4. The van der Waals surface area contributed by atoms with E-state index < -0.39 is 30.2 Å². The fraction of sp³-hybridized carbons (Fsp3) is 0.286. The maximum atomic E-state index is 13.1. The van der Waals surface area contributed by atoms with Gasteiger partial charge in [0.25, 0.3) is 23.6 Å². The number of fused-ring (bicyclic) bond motifs is 1. The second kappa shape index (κ2) is 8.05. The number of rotatable bonds is 5. The van der Waals surface area contributed by atoms with Crippen LogP contribution in [0.2, 0.25) is 0 Å². The van der Waals surface area contributed by atoms with E-state index in [9.17, 15) is 19.2 Å². The molecule has 0 unspecified atom stereocenters. The van der Waals surface area contributed by atoms with Gasteiger partial charge >= 0.3 is 0 Å². The second-order valence-electron chi connectivity index (χ2n) is 6.95. The van der Waals surface area contributed by atoms with Gasteiger partial charge in [0, 0.05) is 19.2 Å². The molecule has 0 aliphatic carbocycles. The molecule has 0 bridgehead atoms. The molecule has 0 N–H and O–H groups in total. The summed E-state index contributed by atoms with van der Waals surface area (Å²) in [6.45, 7) is 0.148. The van der Waals surface area contributed by atoms with Crippen LogP contribution in [0.3, 0.4) is 0 Å². The first-order valence-electron chi connectivity index (χ1n) is 9.62. The van der Waals surface area contributed by atoms with Crippen LogP contribution in [0.4, 0.5) is 0 Å². The molecule has 0 spiro atoms. The molecule has 10 heteroatoms. The van der Waals surface area contributed by atoms with E-state index in [4.69, 9.17) is 9.47 Å². The molecule has 0 saturated carbocycles. The minimum Gasteiger partial charge on any atom is -0.481 e. The Labute approximate surface area is 177 Å². The molecule has 1 aromatic heterocycles. The predicted octanol–water partition coefficient (Wildman–Crippen LogP) is 0.984. The van der Waals surface area contributed by atoms with Gasteiger partial charge in [0.05, 0.1) is 25.3 Å². The van der Waals surface area contributed by atoms with Crippen molar-refractivity contribution in [2.75, 3.05) is 33.9 Å². The molecule has 0 radical (unpaired) electrons. The van der Waals surface area contributed by atoms with Gasteiger partial charge in [0.15, 0.2) is 0 Å². The van der Waals surface area contributed by atoms with Crippen molar-refractivity contribution in [1.29, 1.82) is 0 Å². The van der Waals surface area contributed by atoms with E-state index in [2.05, 4.69) is 4.98 Å². The van der Waals surface area contributed by atoms with Crippen LogP contribution >= 0.6 is 0 Å². The van der Waals surface area contributed by atoms with Crippen molar-refractivity contribution < 1.29 is 28.7 Å². The molecule has 3 heterocycles. The maximum Gasteiger partial charge on any atom is 0.277 e. The minimum atomic E-state index is -0.527. The molecule has 31 heavy (non-hydrogen) atoms. The largest absolute Gasteiger partial charge is 0.481 e. The Balaban J connectivity index is 1.53. The fourth-order valence-electron chi connectivity index (χ4n) is 3.68. The summed E-state index contributed by atoms with van der Waals surface area (Å²) < 4.78 is 10.2. The van der Waals surface area contributed by atoms with Gasteiger partial charge in [-0.15, -0.1) is 0 Å². The van der Waals surface area contributed by atoms with Gasteiger partial charge in [-0.05, 0) is 24.6 Å². The predicted molar refractivity (Wildman–Crippen MR) is 107 cm³/mol. The highest BCUT2D eigenvalue weighted by atomic mass is 16.5. The van der Waals surface area contributed by atoms with Gasteiger partial charge in [0.1, 0.15) is 12.1 Å². The first kappa shape index (κ1) is 20.3. The Morgan fingerprint density at radius 2 is 1.58 bits per heavy atom. The Kier molecular flexibility index (Phi) is 5.28. The third-order valence-corrected chi connectivity index (χ3v) is 5.19. The van der Waals surface area contributed by atoms with Crippen molar-refractivity contribution in [2.45, 2.75) is 6.42 Å². The van der Waals surface area contributed by atoms with Crippen LogP contribution in [-0.2, 0) is 4.79 Å². The summed E-state index contributed by atoms with van der Waals surface area (Å²) in [6, 6.07) is 9.46. The number of ether oxygens (including phenoxy) is 2. The number of benzene rings is 1. The smallest absolute Gasteiger partial charge is 0.277 e. The van der Waals surface area contributed by atoms with Crippen molar-refractivity contribution in [3.05, 3.63) is 53.1 Å². The lowest BCUT2D eigenvalue weighted by molar-refractivity contribution is -0.140. The van der Waals surface area contributed by atoms with E-state index in [0.717, 1.165) is 4.90 Å². The van der Waals surface area contributed by atoms with E-state index in [-0.39, 0.29) is 28.5 Å². The zero-order valence-corrected chi connectivity index (χ0v) is 17.0. The van der Waals surface area contributed by atoms with Gasteiger partial charge < -0.3 is 9.47 Å². The Morgan fingerprint density at radius 3 is 2.19 bits per heavy atom. The summed E-state index contributed by atoms with van der Waals surface area (Å²) in [4.78, 5) is 56.2. The second-order valence-corrected chi connectivity index (χ2v) is 6.95. The SMILES string of the molecule is COc1ccc(C(=O)N2CCCN2C(=O)CN2C(=O)c3ccccc3C2=O)c(OC)n1. The average Bonchev–Trinajstić information content (AvgIpc) is 3.38. The fourth-order valence-corrected chi connectivity index (χ4v) is 3.68. The van der Waals surface area contributed by atoms with Crippen molar-refractivity contribution in [3.63, 3.8) is 0 Å². The highest BCUT2D eigenvalue weighted by molar-refractivity contribution is 6.22. The van der Waals surface area contributed by atoms with Crippen molar-refractivity contribution >= 4 is 23.6 Å². The molecular formula is C21H20N4O6. The molecule has 2 aliphatic heterocycles. The monoisotopic (exact) mass is 424 g/mol. The third kappa shape index (κ3) is 3.45. The molecule has 0 atom stereocenters. The lowest BCUT2D eigenvalue weighted by Gasteiger charge is -2.29. The minimum absolute atomic E-state index is 0.0731.